The van der Waals surface area contributed by atoms with Crippen LogP contribution in [0.1, 0.15) is 33.7 Å². The van der Waals surface area contributed by atoms with Gasteiger partial charge >= 0.3 is 0 Å². The van der Waals surface area contributed by atoms with Crippen LogP contribution in [0.3, 0.4) is 0 Å². The molecule has 0 bridgehead atoms. The van der Waals surface area contributed by atoms with Crippen LogP contribution in [0.25, 0.3) is 0 Å². The average molecular weight is 282 g/mol. The molecule has 1 aromatic heterocycles. The zero-order chi connectivity index (χ0) is 14.2. The van der Waals surface area contributed by atoms with Crippen molar-refractivity contribution < 1.29 is 4.79 Å². The smallest absolute Gasteiger partial charge is 0.176 e. The Morgan fingerprint density at radius 2 is 2.10 bits per heavy atom. The van der Waals surface area contributed by atoms with E-state index in [1.54, 1.807) is 6.33 Å². The van der Waals surface area contributed by atoms with Gasteiger partial charge in [-0.15, -0.1) is 10.2 Å². The molecule has 5 heteroatoms. The summed E-state index contributed by atoms with van der Waals surface area (Å²) in [6.07, 6.45) is 5.25. The van der Waals surface area contributed by atoms with Gasteiger partial charge in [-0.25, -0.2) is 0 Å². The van der Waals surface area contributed by atoms with Crippen molar-refractivity contribution in [2.24, 2.45) is 0 Å². The van der Waals surface area contributed by atoms with E-state index >= 15 is 0 Å². The molecule has 2 aliphatic rings. The lowest BCUT2D eigenvalue weighted by atomic mass is 10.0. The molecule has 1 aliphatic carbocycles. The summed E-state index contributed by atoms with van der Waals surface area (Å²) in [4.78, 5) is 14.6. The monoisotopic (exact) mass is 282 g/mol. The van der Waals surface area contributed by atoms with Gasteiger partial charge in [0, 0.05) is 18.7 Å². The minimum absolute atomic E-state index is 0.206. The maximum absolute atomic E-state index is 12.5. The van der Waals surface area contributed by atoms with Crippen molar-refractivity contribution in [3.05, 3.63) is 47.0 Å². The second-order valence-electron chi connectivity index (χ2n) is 5.91. The Bertz CT molecular complexity index is 691. The fourth-order valence-electron chi connectivity index (χ4n) is 3.29. The Labute approximate surface area is 123 Å². The topological polar surface area (TPSA) is 51.0 Å². The van der Waals surface area contributed by atoms with Crippen LogP contribution in [0.15, 0.2) is 24.5 Å². The summed E-state index contributed by atoms with van der Waals surface area (Å²) < 4.78 is 2.05. The predicted octanol–water partition coefficient (Wildman–Crippen LogP) is 1.47. The Morgan fingerprint density at radius 1 is 1.19 bits per heavy atom. The van der Waals surface area contributed by atoms with Gasteiger partial charge in [-0.3, -0.25) is 9.69 Å². The number of ketones is 1. The van der Waals surface area contributed by atoms with Gasteiger partial charge in [-0.2, -0.15) is 0 Å². The lowest BCUT2D eigenvalue weighted by Crippen LogP contribution is -2.37. The summed E-state index contributed by atoms with van der Waals surface area (Å²) in [5.74, 6) is 1.15. The molecule has 0 N–H and O–H groups in total. The predicted molar refractivity (Wildman–Crippen MR) is 78.1 cm³/mol. The number of aromatic nitrogens is 3. The third kappa shape index (κ3) is 2.38. The molecular formula is C16H18N4O. The van der Waals surface area contributed by atoms with Crippen molar-refractivity contribution in [3.63, 3.8) is 0 Å². The minimum atomic E-state index is 0.206. The number of carbonyl (C=O) groups is 1. The second kappa shape index (κ2) is 5.07. The van der Waals surface area contributed by atoms with Crippen LogP contribution in [-0.2, 0) is 25.9 Å². The number of hydrogen-bond donors (Lipinski definition) is 0. The second-order valence-corrected chi connectivity index (χ2v) is 5.91. The molecule has 0 radical (unpaired) electrons. The SMILES string of the molecule is O=C(CN1CCn2cnnc2C1)c1ccc2c(c1)CCC2. The summed E-state index contributed by atoms with van der Waals surface area (Å²) in [6.45, 7) is 2.91. The molecule has 5 nitrogen and oxygen atoms in total. The van der Waals surface area contributed by atoms with E-state index in [-0.39, 0.29) is 5.78 Å². The molecule has 1 aliphatic heterocycles. The van der Waals surface area contributed by atoms with Crippen molar-refractivity contribution in [3.8, 4) is 0 Å². The zero-order valence-electron chi connectivity index (χ0n) is 12.0. The first kappa shape index (κ1) is 12.7. The Kier molecular flexibility index (Phi) is 3.07. The van der Waals surface area contributed by atoms with Gasteiger partial charge in [-0.05, 0) is 36.5 Å². The van der Waals surface area contributed by atoms with Crippen molar-refractivity contribution in [2.45, 2.75) is 32.4 Å². The molecule has 0 fully saturated rings. The van der Waals surface area contributed by atoms with Crippen molar-refractivity contribution >= 4 is 5.78 Å². The molecule has 0 atom stereocenters. The van der Waals surface area contributed by atoms with Crippen LogP contribution >= 0.6 is 0 Å². The standard InChI is InChI=1S/C16H18N4O/c21-15(14-5-4-12-2-1-3-13(12)8-14)9-19-6-7-20-11-17-18-16(20)10-19/h4-5,8,11H,1-3,6-7,9-10H2. The summed E-state index contributed by atoms with van der Waals surface area (Å²) in [7, 11) is 0. The zero-order valence-corrected chi connectivity index (χ0v) is 12.0. The van der Waals surface area contributed by atoms with Crippen LogP contribution < -0.4 is 0 Å². The molecule has 0 saturated carbocycles. The van der Waals surface area contributed by atoms with E-state index in [2.05, 4.69) is 31.8 Å². The summed E-state index contributed by atoms with van der Waals surface area (Å²) in [6, 6.07) is 6.21. The molecule has 108 valence electrons. The first-order valence-corrected chi connectivity index (χ1v) is 7.53. The highest BCUT2D eigenvalue weighted by atomic mass is 16.1. The molecular weight excluding hydrogens is 264 g/mol. The third-order valence-electron chi connectivity index (χ3n) is 4.51. The van der Waals surface area contributed by atoms with Gasteiger partial charge in [0.05, 0.1) is 13.1 Å². The van der Waals surface area contributed by atoms with Gasteiger partial charge in [-0.1, -0.05) is 12.1 Å². The van der Waals surface area contributed by atoms with Crippen LogP contribution in [-0.4, -0.2) is 38.5 Å². The first-order chi connectivity index (χ1) is 10.3. The van der Waals surface area contributed by atoms with Crippen molar-refractivity contribution in [1.29, 1.82) is 0 Å². The highest BCUT2D eigenvalue weighted by molar-refractivity contribution is 5.97. The number of nitrogens with zero attached hydrogens (tertiary/aromatic N) is 4. The molecule has 2 heterocycles. The number of benzene rings is 1. The summed E-state index contributed by atoms with van der Waals surface area (Å²) in [5.41, 5.74) is 3.62. The fourth-order valence-corrected chi connectivity index (χ4v) is 3.29. The molecule has 4 rings (SSSR count). The molecule has 2 aromatic rings. The molecule has 1 aromatic carbocycles. The van der Waals surface area contributed by atoms with E-state index in [4.69, 9.17) is 0 Å². The number of hydrogen-bond acceptors (Lipinski definition) is 4. The number of carbonyl (C=O) groups excluding carboxylic acids is 1. The van der Waals surface area contributed by atoms with Gasteiger partial charge in [0.15, 0.2) is 5.78 Å². The fraction of sp³-hybridized carbons (Fsp3) is 0.438. The van der Waals surface area contributed by atoms with Gasteiger partial charge < -0.3 is 4.57 Å². The largest absolute Gasteiger partial charge is 0.315 e. The molecule has 0 spiro atoms. The Balaban J connectivity index is 1.47. The highest BCUT2D eigenvalue weighted by Gasteiger charge is 2.21. The number of aryl methyl sites for hydroxylation is 2. The Hall–Kier alpha value is -2.01. The van der Waals surface area contributed by atoms with Crippen LogP contribution in [0, 0.1) is 0 Å². The maximum atomic E-state index is 12.5. The van der Waals surface area contributed by atoms with Gasteiger partial charge in [0.1, 0.15) is 12.2 Å². The average Bonchev–Trinajstić information content (AvgIpc) is 3.14. The van der Waals surface area contributed by atoms with Crippen molar-refractivity contribution in [2.75, 3.05) is 13.1 Å². The molecule has 0 unspecified atom stereocenters. The molecule has 0 amide bonds. The number of rotatable bonds is 3. The van der Waals surface area contributed by atoms with E-state index in [0.29, 0.717) is 13.1 Å². The van der Waals surface area contributed by atoms with Crippen LogP contribution in [0.2, 0.25) is 0 Å². The van der Waals surface area contributed by atoms with Crippen molar-refractivity contribution in [1.82, 2.24) is 19.7 Å². The van der Waals surface area contributed by atoms with Crippen LogP contribution in [0.4, 0.5) is 0 Å². The van der Waals surface area contributed by atoms with E-state index in [1.807, 2.05) is 6.07 Å². The van der Waals surface area contributed by atoms with E-state index in [1.165, 1.54) is 17.5 Å². The lowest BCUT2D eigenvalue weighted by molar-refractivity contribution is 0.0908. The number of Topliss-reactive ketones (excluding diaryl/α,β-unsaturated/α-hetero) is 1. The maximum Gasteiger partial charge on any atom is 0.176 e. The highest BCUT2D eigenvalue weighted by Crippen LogP contribution is 2.23. The third-order valence-corrected chi connectivity index (χ3v) is 4.51. The number of fused-ring (bicyclic) bond motifs is 2. The van der Waals surface area contributed by atoms with E-state index < -0.39 is 0 Å². The molecule has 21 heavy (non-hydrogen) atoms. The normalized spacial score (nSPS) is 17.5. The first-order valence-electron chi connectivity index (χ1n) is 7.53. The van der Waals surface area contributed by atoms with Gasteiger partial charge in [0.2, 0.25) is 0 Å². The lowest BCUT2D eigenvalue weighted by Gasteiger charge is -2.26. The molecule has 0 saturated heterocycles. The minimum Gasteiger partial charge on any atom is -0.315 e. The Morgan fingerprint density at radius 3 is 3.05 bits per heavy atom. The van der Waals surface area contributed by atoms with E-state index in [0.717, 1.165) is 37.3 Å². The van der Waals surface area contributed by atoms with E-state index in [9.17, 15) is 4.79 Å². The van der Waals surface area contributed by atoms with Gasteiger partial charge in [0.25, 0.3) is 0 Å². The quantitative estimate of drug-likeness (QED) is 0.800. The summed E-state index contributed by atoms with van der Waals surface area (Å²) in [5, 5.41) is 8.01. The van der Waals surface area contributed by atoms with Crippen LogP contribution in [0.5, 0.6) is 0 Å². The summed E-state index contributed by atoms with van der Waals surface area (Å²) >= 11 is 0.